The molecule has 2 saturated carbocycles. The lowest BCUT2D eigenvalue weighted by molar-refractivity contribution is 0.375. The van der Waals surface area contributed by atoms with Crippen LogP contribution in [0.15, 0.2) is 18.2 Å². The summed E-state index contributed by atoms with van der Waals surface area (Å²) < 4.78 is 26.9. The summed E-state index contributed by atoms with van der Waals surface area (Å²) in [5.41, 5.74) is 0.169. The second-order valence-corrected chi connectivity index (χ2v) is 5.67. The summed E-state index contributed by atoms with van der Waals surface area (Å²) in [5.74, 6) is 1.58. The number of hydrogen-bond acceptors (Lipinski definition) is 1. The molecule has 0 spiro atoms. The van der Waals surface area contributed by atoms with E-state index < -0.39 is 11.6 Å². The summed E-state index contributed by atoms with van der Waals surface area (Å²) in [4.78, 5) is 0. The molecule has 0 radical (unpaired) electrons. The minimum atomic E-state index is -0.447. The molecular formula is C15H19F2N. The van der Waals surface area contributed by atoms with Gasteiger partial charge in [-0.05, 0) is 62.1 Å². The number of halogens is 2. The van der Waals surface area contributed by atoms with Crippen LogP contribution in [-0.2, 0) is 6.54 Å². The van der Waals surface area contributed by atoms with Gasteiger partial charge in [0, 0.05) is 12.1 Å². The predicted octanol–water partition coefficient (Wildman–Crippen LogP) is 3.49. The van der Waals surface area contributed by atoms with E-state index in [9.17, 15) is 8.78 Å². The first-order valence-corrected chi connectivity index (χ1v) is 6.89. The molecule has 0 heterocycles. The van der Waals surface area contributed by atoms with Crippen LogP contribution in [0.1, 0.15) is 31.2 Å². The smallest absolute Gasteiger partial charge is 0.130 e. The fourth-order valence-electron chi connectivity index (χ4n) is 2.83. The van der Waals surface area contributed by atoms with Gasteiger partial charge in [-0.25, -0.2) is 8.78 Å². The van der Waals surface area contributed by atoms with Gasteiger partial charge in [0.1, 0.15) is 11.6 Å². The summed E-state index contributed by atoms with van der Waals surface area (Å²) in [6.45, 7) is 1.21. The van der Waals surface area contributed by atoms with Gasteiger partial charge in [0.25, 0.3) is 0 Å². The minimum absolute atomic E-state index is 0.169. The van der Waals surface area contributed by atoms with Gasteiger partial charge < -0.3 is 5.32 Å². The van der Waals surface area contributed by atoms with E-state index in [0.29, 0.717) is 6.54 Å². The second kappa shape index (κ2) is 4.96. The Morgan fingerprint density at radius 1 is 1.06 bits per heavy atom. The molecule has 98 valence electrons. The first-order chi connectivity index (χ1) is 8.75. The van der Waals surface area contributed by atoms with Gasteiger partial charge >= 0.3 is 0 Å². The van der Waals surface area contributed by atoms with E-state index in [0.717, 1.165) is 24.3 Å². The lowest BCUT2D eigenvalue weighted by Gasteiger charge is -2.16. The lowest BCUT2D eigenvalue weighted by atomic mass is 9.98. The van der Waals surface area contributed by atoms with Crippen LogP contribution in [-0.4, -0.2) is 6.54 Å². The molecule has 2 aliphatic carbocycles. The number of rotatable bonds is 6. The van der Waals surface area contributed by atoms with Gasteiger partial charge in [-0.2, -0.15) is 0 Å². The number of hydrogen-bond donors (Lipinski definition) is 1. The molecule has 18 heavy (non-hydrogen) atoms. The van der Waals surface area contributed by atoms with Crippen molar-refractivity contribution in [3.63, 3.8) is 0 Å². The summed E-state index contributed by atoms with van der Waals surface area (Å²) >= 11 is 0. The fourth-order valence-corrected chi connectivity index (χ4v) is 2.83. The molecule has 0 aromatic heterocycles. The lowest BCUT2D eigenvalue weighted by Crippen LogP contribution is -2.26. The molecule has 0 aliphatic heterocycles. The zero-order valence-electron chi connectivity index (χ0n) is 10.5. The zero-order chi connectivity index (χ0) is 12.5. The molecule has 1 aromatic rings. The quantitative estimate of drug-likeness (QED) is 0.816. The molecule has 3 rings (SSSR count). The van der Waals surface area contributed by atoms with Crippen molar-refractivity contribution in [2.45, 2.75) is 32.2 Å². The van der Waals surface area contributed by atoms with Crippen molar-refractivity contribution >= 4 is 0 Å². The van der Waals surface area contributed by atoms with Crippen molar-refractivity contribution in [3.05, 3.63) is 35.4 Å². The predicted molar refractivity (Wildman–Crippen MR) is 67.0 cm³/mol. The van der Waals surface area contributed by atoms with Crippen molar-refractivity contribution in [1.82, 2.24) is 5.32 Å². The van der Waals surface area contributed by atoms with Crippen LogP contribution in [0, 0.1) is 29.4 Å². The van der Waals surface area contributed by atoms with E-state index in [1.54, 1.807) is 0 Å². The number of nitrogens with one attached hydrogen (secondary N) is 1. The van der Waals surface area contributed by atoms with Crippen molar-refractivity contribution in [2.24, 2.45) is 17.8 Å². The van der Waals surface area contributed by atoms with Crippen LogP contribution < -0.4 is 5.32 Å². The SMILES string of the molecule is Fc1cccc(F)c1CNCC(C1CC1)C1CC1. The molecule has 0 amide bonds. The molecule has 2 aliphatic rings. The van der Waals surface area contributed by atoms with Gasteiger partial charge in [0.15, 0.2) is 0 Å². The van der Waals surface area contributed by atoms with Crippen molar-refractivity contribution in [3.8, 4) is 0 Å². The topological polar surface area (TPSA) is 12.0 Å². The van der Waals surface area contributed by atoms with Crippen molar-refractivity contribution in [2.75, 3.05) is 6.54 Å². The van der Waals surface area contributed by atoms with E-state index in [1.165, 1.54) is 43.9 Å². The standard InChI is InChI=1S/C15H19F2N/c16-14-2-1-3-15(17)13(14)9-18-8-12(10-4-5-10)11-6-7-11/h1-3,10-12,18H,4-9H2. The van der Waals surface area contributed by atoms with E-state index in [1.807, 2.05) is 0 Å². The Bertz CT molecular complexity index is 392. The molecule has 2 fully saturated rings. The highest BCUT2D eigenvalue weighted by atomic mass is 19.1. The summed E-state index contributed by atoms with van der Waals surface area (Å²) in [6, 6.07) is 4.05. The average Bonchev–Trinajstić information content (AvgIpc) is 3.21. The second-order valence-electron chi connectivity index (χ2n) is 5.67. The molecule has 0 bridgehead atoms. The summed E-state index contributed by atoms with van der Waals surface area (Å²) in [6.07, 6.45) is 5.38. The third-order valence-corrected chi connectivity index (χ3v) is 4.20. The van der Waals surface area contributed by atoms with Crippen LogP contribution in [0.4, 0.5) is 8.78 Å². The molecule has 3 heteroatoms. The first-order valence-electron chi connectivity index (χ1n) is 6.89. The molecule has 1 nitrogen and oxygen atoms in total. The van der Waals surface area contributed by atoms with Gasteiger partial charge in [-0.1, -0.05) is 6.07 Å². The Morgan fingerprint density at radius 2 is 1.61 bits per heavy atom. The highest BCUT2D eigenvalue weighted by Crippen LogP contribution is 2.48. The molecule has 1 aromatic carbocycles. The maximum Gasteiger partial charge on any atom is 0.130 e. The maximum absolute atomic E-state index is 13.4. The summed E-state index contributed by atoms with van der Waals surface area (Å²) in [5, 5.41) is 3.25. The van der Waals surface area contributed by atoms with Crippen molar-refractivity contribution < 1.29 is 8.78 Å². The molecular weight excluding hydrogens is 232 g/mol. The Labute approximate surface area is 107 Å². The Kier molecular flexibility index (Phi) is 3.33. The summed E-state index contributed by atoms with van der Waals surface area (Å²) in [7, 11) is 0. The van der Waals surface area contributed by atoms with Crippen LogP contribution in [0.3, 0.4) is 0 Å². The van der Waals surface area contributed by atoms with Crippen LogP contribution in [0.5, 0.6) is 0 Å². The van der Waals surface area contributed by atoms with E-state index in [4.69, 9.17) is 0 Å². The van der Waals surface area contributed by atoms with Crippen LogP contribution in [0.2, 0.25) is 0 Å². The maximum atomic E-state index is 13.4. The third-order valence-electron chi connectivity index (χ3n) is 4.20. The highest BCUT2D eigenvalue weighted by Gasteiger charge is 2.40. The normalized spacial score (nSPS) is 19.5. The van der Waals surface area contributed by atoms with E-state index in [-0.39, 0.29) is 5.56 Å². The highest BCUT2D eigenvalue weighted by molar-refractivity contribution is 5.19. The van der Waals surface area contributed by atoms with E-state index >= 15 is 0 Å². The monoisotopic (exact) mass is 251 g/mol. The van der Waals surface area contributed by atoms with Crippen molar-refractivity contribution in [1.29, 1.82) is 0 Å². The largest absolute Gasteiger partial charge is 0.312 e. The fraction of sp³-hybridized carbons (Fsp3) is 0.600. The van der Waals surface area contributed by atoms with Gasteiger partial charge in [-0.3, -0.25) is 0 Å². The van der Waals surface area contributed by atoms with Crippen LogP contribution >= 0.6 is 0 Å². The molecule has 0 unspecified atom stereocenters. The number of benzene rings is 1. The Balaban J connectivity index is 1.54. The minimum Gasteiger partial charge on any atom is -0.312 e. The van der Waals surface area contributed by atoms with Crippen LogP contribution in [0.25, 0.3) is 0 Å². The van der Waals surface area contributed by atoms with E-state index in [2.05, 4.69) is 5.32 Å². The Hall–Kier alpha value is -0.960. The molecule has 0 saturated heterocycles. The van der Waals surface area contributed by atoms with Gasteiger partial charge in [0.2, 0.25) is 0 Å². The van der Waals surface area contributed by atoms with Gasteiger partial charge in [-0.15, -0.1) is 0 Å². The van der Waals surface area contributed by atoms with Gasteiger partial charge in [0.05, 0.1) is 0 Å². The Morgan fingerprint density at radius 3 is 2.11 bits per heavy atom. The first kappa shape index (κ1) is 12.1. The average molecular weight is 251 g/mol. The molecule has 0 atom stereocenters. The molecule has 1 N–H and O–H groups in total. The third kappa shape index (κ3) is 2.72. The zero-order valence-corrected chi connectivity index (χ0v) is 10.5.